The van der Waals surface area contributed by atoms with Gasteiger partial charge in [0.25, 0.3) is 0 Å². The monoisotopic (exact) mass is 276 g/mol. The Morgan fingerprint density at radius 1 is 1.42 bits per heavy atom. The Kier molecular flexibility index (Phi) is 3.90. The van der Waals surface area contributed by atoms with Crippen LogP contribution in [0.2, 0.25) is 5.15 Å². The molecule has 0 radical (unpaired) electrons. The lowest BCUT2D eigenvalue weighted by atomic mass is 10.0. The summed E-state index contributed by atoms with van der Waals surface area (Å²) in [4.78, 5) is 6.02. The number of aliphatic hydroxyl groups excluding tert-OH is 1. The smallest absolute Gasteiger partial charge is 0.149 e. The molecule has 1 aliphatic rings. The zero-order valence-electron chi connectivity index (χ0n) is 10.5. The van der Waals surface area contributed by atoms with E-state index in [2.05, 4.69) is 11.1 Å². The summed E-state index contributed by atoms with van der Waals surface area (Å²) in [6.45, 7) is 2.94. The highest BCUT2D eigenvalue weighted by atomic mass is 35.5. The Balaban J connectivity index is 2.60. The molecule has 0 spiro atoms. The second kappa shape index (κ2) is 5.44. The molecule has 0 amide bonds. The molecule has 0 saturated carbocycles. The van der Waals surface area contributed by atoms with E-state index < -0.39 is 6.10 Å². The van der Waals surface area contributed by atoms with Gasteiger partial charge in [0.2, 0.25) is 0 Å². The molecule has 0 aliphatic carbocycles. The van der Waals surface area contributed by atoms with Gasteiger partial charge in [-0.25, -0.2) is 4.98 Å². The van der Waals surface area contributed by atoms with Crippen molar-refractivity contribution in [1.82, 2.24) is 4.98 Å². The molecule has 5 nitrogen and oxygen atoms in total. The fourth-order valence-corrected chi connectivity index (χ4v) is 2.57. The van der Waals surface area contributed by atoms with Gasteiger partial charge in [0, 0.05) is 13.1 Å². The van der Waals surface area contributed by atoms with Crippen molar-refractivity contribution >= 4 is 17.4 Å². The average molecular weight is 277 g/mol. The first-order valence-electron chi connectivity index (χ1n) is 6.07. The topological polar surface area (TPSA) is 83.9 Å². The molecule has 2 rings (SSSR count). The molecule has 0 unspecified atom stereocenters. The number of aliphatic hydroxyl groups is 1. The second-order valence-corrected chi connectivity index (χ2v) is 4.78. The van der Waals surface area contributed by atoms with Crippen LogP contribution in [0.5, 0.6) is 0 Å². The Bertz CT molecular complexity index is 588. The molecule has 1 aliphatic heterocycles. The third-order valence-electron chi connectivity index (χ3n) is 3.28. The third-order valence-corrected chi connectivity index (χ3v) is 3.55. The highest BCUT2D eigenvalue weighted by Gasteiger charge is 2.27. The number of aromatic nitrogens is 1. The summed E-state index contributed by atoms with van der Waals surface area (Å²) in [7, 11) is 0. The van der Waals surface area contributed by atoms with E-state index in [-0.39, 0.29) is 10.7 Å². The quantitative estimate of drug-likeness (QED) is 0.830. The zero-order valence-corrected chi connectivity index (χ0v) is 11.3. The minimum absolute atomic E-state index is 0.120. The van der Waals surface area contributed by atoms with Crippen LogP contribution in [0.3, 0.4) is 0 Å². The van der Waals surface area contributed by atoms with Crippen molar-refractivity contribution in [2.75, 3.05) is 18.0 Å². The SMILES string of the molecule is CCc1c(C#N)c(Cl)nc(N2CC[C@H](O)C2)c1C#N. The molecule has 2 heterocycles. The lowest BCUT2D eigenvalue weighted by molar-refractivity contribution is 0.198. The van der Waals surface area contributed by atoms with Gasteiger partial charge in [-0.15, -0.1) is 0 Å². The highest BCUT2D eigenvalue weighted by molar-refractivity contribution is 6.30. The molecule has 6 heteroatoms. The van der Waals surface area contributed by atoms with E-state index in [9.17, 15) is 10.4 Å². The van der Waals surface area contributed by atoms with Crippen LogP contribution in [0.4, 0.5) is 5.82 Å². The van der Waals surface area contributed by atoms with Crippen molar-refractivity contribution in [3.63, 3.8) is 0 Å². The third kappa shape index (κ3) is 2.35. The largest absolute Gasteiger partial charge is 0.391 e. The van der Waals surface area contributed by atoms with Crippen molar-refractivity contribution < 1.29 is 5.11 Å². The maximum Gasteiger partial charge on any atom is 0.149 e. The minimum atomic E-state index is -0.409. The van der Waals surface area contributed by atoms with Gasteiger partial charge < -0.3 is 10.0 Å². The summed E-state index contributed by atoms with van der Waals surface area (Å²) in [5.74, 6) is 0.472. The number of β-amino-alcohol motifs (C(OH)–C–C–N with tert-alkyl or cyclic N) is 1. The lowest BCUT2D eigenvalue weighted by Crippen LogP contribution is -2.24. The van der Waals surface area contributed by atoms with E-state index in [1.54, 1.807) is 0 Å². The molecule has 1 fully saturated rings. The highest BCUT2D eigenvalue weighted by Crippen LogP contribution is 2.30. The standard InChI is InChI=1S/C13H13ClN4O/c1-2-9-10(5-15)12(14)17-13(11(9)6-16)18-4-3-8(19)7-18/h8,19H,2-4,7H2,1H3/t8-/m0/s1. The van der Waals surface area contributed by atoms with Crippen LogP contribution < -0.4 is 4.90 Å². The average Bonchev–Trinajstić information content (AvgIpc) is 2.83. The Morgan fingerprint density at radius 3 is 2.58 bits per heavy atom. The van der Waals surface area contributed by atoms with Gasteiger partial charge in [0.15, 0.2) is 0 Å². The number of hydrogen-bond acceptors (Lipinski definition) is 5. The first-order chi connectivity index (χ1) is 9.12. The van der Waals surface area contributed by atoms with Gasteiger partial charge in [-0.1, -0.05) is 18.5 Å². The molecule has 0 aromatic carbocycles. The van der Waals surface area contributed by atoms with Crippen molar-refractivity contribution in [3.8, 4) is 12.1 Å². The summed E-state index contributed by atoms with van der Waals surface area (Å²) in [5, 5.41) is 28.2. The van der Waals surface area contributed by atoms with Gasteiger partial charge in [-0.3, -0.25) is 0 Å². The Hall–Kier alpha value is -1.82. The van der Waals surface area contributed by atoms with Crippen molar-refractivity contribution in [2.24, 2.45) is 0 Å². The van der Waals surface area contributed by atoms with Gasteiger partial charge >= 0.3 is 0 Å². The molecule has 1 aromatic heterocycles. The molecular formula is C13H13ClN4O. The van der Waals surface area contributed by atoms with E-state index in [0.717, 1.165) is 0 Å². The van der Waals surface area contributed by atoms with E-state index in [4.69, 9.17) is 16.9 Å². The van der Waals surface area contributed by atoms with Crippen LogP contribution in [-0.4, -0.2) is 29.3 Å². The summed E-state index contributed by atoms with van der Waals surface area (Å²) in [6.07, 6.45) is 0.774. The second-order valence-electron chi connectivity index (χ2n) is 4.42. The lowest BCUT2D eigenvalue weighted by Gasteiger charge is -2.20. The Labute approximate surface area is 116 Å². The van der Waals surface area contributed by atoms with Crippen LogP contribution in [0.15, 0.2) is 0 Å². The van der Waals surface area contributed by atoms with Gasteiger partial charge in [-0.05, 0) is 18.4 Å². The number of pyridine rings is 1. The van der Waals surface area contributed by atoms with E-state index in [1.165, 1.54) is 0 Å². The maximum absolute atomic E-state index is 9.58. The zero-order chi connectivity index (χ0) is 14.0. The van der Waals surface area contributed by atoms with Crippen LogP contribution in [-0.2, 0) is 6.42 Å². The fourth-order valence-electron chi connectivity index (χ4n) is 2.34. The van der Waals surface area contributed by atoms with Gasteiger partial charge in [0.1, 0.15) is 23.1 Å². The first-order valence-corrected chi connectivity index (χ1v) is 6.45. The number of rotatable bonds is 2. The molecule has 1 atom stereocenters. The van der Waals surface area contributed by atoms with Crippen LogP contribution in [0.1, 0.15) is 30.0 Å². The summed E-state index contributed by atoms with van der Waals surface area (Å²) in [6, 6.07) is 4.12. The predicted octanol–water partition coefficient (Wildman–Crippen LogP) is 1.61. The van der Waals surface area contributed by atoms with E-state index in [0.29, 0.717) is 42.9 Å². The summed E-state index contributed by atoms with van der Waals surface area (Å²) >= 11 is 6.03. The first kappa shape index (κ1) is 13.6. The maximum atomic E-state index is 9.58. The number of hydrogen-bond donors (Lipinski definition) is 1. The fraction of sp³-hybridized carbons (Fsp3) is 0.462. The molecular weight excluding hydrogens is 264 g/mol. The van der Waals surface area contributed by atoms with E-state index in [1.807, 2.05) is 17.9 Å². The molecule has 1 saturated heterocycles. The molecule has 1 aromatic rings. The molecule has 98 valence electrons. The number of anilines is 1. The van der Waals surface area contributed by atoms with Gasteiger partial charge in [-0.2, -0.15) is 10.5 Å². The minimum Gasteiger partial charge on any atom is -0.391 e. The molecule has 19 heavy (non-hydrogen) atoms. The van der Waals surface area contributed by atoms with E-state index >= 15 is 0 Å². The summed E-state index contributed by atoms with van der Waals surface area (Å²) < 4.78 is 0. The van der Waals surface area contributed by atoms with Crippen molar-refractivity contribution in [3.05, 3.63) is 21.8 Å². The summed E-state index contributed by atoms with van der Waals surface area (Å²) in [5.41, 5.74) is 1.28. The van der Waals surface area contributed by atoms with Crippen LogP contribution >= 0.6 is 11.6 Å². The van der Waals surface area contributed by atoms with Crippen LogP contribution in [0, 0.1) is 22.7 Å². The van der Waals surface area contributed by atoms with Crippen molar-refractivity contribution in [1.29, 1.82) is 10.5 Å². The molecule has 0 bridgehead atoms. The normalized spacial score (nSPS) is 18.2. The molecule has 1 N–H and O–H groups in total. The number of halogens is 1. The van der Waals surface area contributed by atoms with Gasteiger partial charge in [0.05, 0.1) is 17.2 Å². The van der Waals surface area contributed by atoms with Crippen molar-refractivity contribution in [2.45, 2.75) is 25.9 Å². The number of nitrogens with zero attached hydrogens (tertiary/aromatic N) is 4. The predicted molar refractivity (Wildman–Crippen MR) is 70.9 cm³/mol. The Morgan fingerprint density at radius 2 is 2.11 bits per heavy atom. The number of nitriles is 2. The van der Waals surface area contributed by atoms with Crippen LogP contribution in [0.25, 0.3) is 0 Å².